The van der Waals surface area contributed by atoms with Crippen LogP contribution >= 0.6 is 39.0 Å². The maximum absolute atomic E-state index is 11.4. The van der Waals surface area contributed by atoms with Crippen LogP contribution in [0.15, 0.2) is 11.0 Å². The summed E-state index contributed by atoms with van der Waals surface area (Å²) in [6.07, 6.45) is 0. The number of rotatable bonds is 4. The van der Waals surface area contributed by atoms with E-state index >= 15 is 0 Å². The molecule has 14 heavy (non-hydrogen) atoms. The molecule has 2 nitrogen and oxygen atoms in total. The quantitative estimate of drug-likeness (QED) is 0.484. The number of aryl methyl sites for hydroxylation is 1. The number of alkyl halides is 1. The lowest BCUT2D eigenvalue weighted by atomic mass is 10.4. The average Bonchev–Trinajstić information content (AvgIpc) is 2.55. The maximum Gasteiger partial charge on any atom is 0.349 e. The largest absolute Gasteiger partial charge is 0.465 e. The number of methoxy groups -OCH3 is 1. The minimum absolute atomic E-state index is 0.236. The highest BCUT2D eigenvalue weighted by Crippen LogP contribution is 2.31. The van der Waals surface area contributed by atoms with Crippen molar-refractivity contribution >= 4 is 45.0 Å². The Hall–Kier alpha value is -0.000000000000000111. The average molecular weight is 295 g/mol. The van der Waals surface area contributed by atoms with Gasteiger partial charge in [-0.05, 0) is 13.0 Å². The summed E-state index contributed by atoms with van der Waals surface area (Å²) in [6, 6.07) is 2.03. The van der Waals surface area contributed by atoms with E-state index in [0.29, 0.717) is 0 Å². The molecule has 0 aliphatic rings. The second-order valence-electron chi connectivity index (χ2n) is 2.58. The number of ether oxygens (including phenoxy) is 1. The first kappa shape index (κ1) is 12.1. The lowest BCUT2D eigenvalue weighted by Gasteiger charge is -1.99. The van der Waals surface area contributed by atoms with E-state index in [2.05, 4.69) is 15.9 Å². The zero-order valence-electron chi connectivity index (χ0n) is 8.00. The second kappa shape index (κ2) is 5.78. The molecule has 0 fully saturated rings. The van der Waals surface area contributed by atoms with E-state index < -0.39 is 0 Å². The predicted molar refractivity (Wildman–Crippen MR) is 64.9 cm³/mol. The third-order valence-electron chi connectivity index (χ3n) is 1.53. The molecule has 0 spiro atoms. The van der Waals surface area contributed by atoms with Gasteiger partial charge in [-0.1, -0.05) is 15.9 Å². The van der Waals surface area contributed by atoms with Crippen LogP contribution in [-0.2, 0) is 4.74 Å². The van der Waals surface area contributed by atoms with Gasteiger partial charge >= 0.3 is 5.97 Å². The monoisotopic (exact) mass is 294 g/mol. The molecule has 0 bridgehead atoms. The molecule has 5 heteroatoms. The van der Waals surface area contributed by atoms with E-state index in [4.69, 9.17) is 4.74 Å². The summed E-state index contributed by atoms with van der Waals surface area (Å²) in [5.41, 5.74) is 0. The van der Waals surface area contributed by atoms with Gasteiger partial charge in [0.05, 0.1) is 7.11 Å². The molecule has 0 saturated carbocycles. The lowest BCUT2D eigenvalue weighted by molar-refractivity contribution is 0.0603. The van der Waals surface area contributed by atoms with Crippen LogP contribution in [0.2, 0.25) is 0 Å². The minimum Gasteiger partial charge on any atom is -0.465 e. The number of thioether (sulfide) groups is 1. The summed E-state index contributed by atoms with van der Waals surface area (Å²) in [6.45, 7) is 2.00. The lowest BCUT2D eigenvalue weighted by Crippen LogP contribution is -1.99. The van der Waals surface area contributed by atoms with Gasteiger partial charge in [-0.25, -0.2) is 4.79 Å². The van der Waals surface area contributed by atoms with Crippen LogP contribution < -0.4 is 0 Å². The van der Waals surface area contributed by atoms with Gasteiger partial charge in [-0.15, -0.1) is 23.1 Å². The van der Waals surface area contributed by atoms with Gasteiger partial charge in [0.15, 0.2) is 0 Å². The molecule has 0 saturated heterocycles. The van der Waals surface area contributed by atoms with Crippen LogP contribution in [-0.4, -0.2) is 24.2 Å². The molecule has 0 amide bonds. The van der Waals surface area contributed by atoms with E-state index in [-0.39, 0.29) is 5.97 Å². The van der Waals surface area contributed by atoms with E-state index in [1.165, 1.54) is 18.4 Å². The number of thiophene rings is 1. The molecular formula is C9H11BrO2S2. The third kappa shape index (κ3) is 3.00. The van der Waals surface area contributed by atoms with Gasteiger partial charge in [0.2, 0.25) is 0 Å². The summed E-state index contributed by atoms with van der Waals surface area (Å²) in [5, 5.41) is 0.924. The van der Waals surface area contributed by atoms with Crippen LogP contribution in [0.25, 0.3) is 0 Å². The van der Waals surface area contributed by atoms with E-state index in [1.54, 1.807) is 11.8 Å². The van der Waals surface area contributed by atoms with Crippen molar-refractivity contribution < 1.29 is 9.53 Å². The molecule has 1 rings (SSSR count). The van der Waals surface area contributed by atoms with Crippen LogP contribution in [0.4, 0.5) is 0 Å². The van der Waals surface area contributed by atoms with E-state index in [0.717, 1.165) is 25.7 Å². The highest BCUT2D eigenvalue weighted by molar-refractivity contribution is 9.09. The van der Waals surface area contributed by atoms with Gasteiger partial charge in [-0.3, -0.25) is 0 Å². The van der Waals surface area contributed by atoms with Crippen molar-refractivity contribution in [2.45, 2.75) is 11.8 Å². The fourth-order valence-electron chi connectivity index (χ4n) is 0.982. The number of hydrogen-bond acceptors (Lipinski definition) is 4. The Morgan fingerprint density at radius 1 is 1.71 bits per heavy atom. The molecule has 0 radical (unpaired) electrons. The molecule has 0 unspecified atom stereocenters. The number of esters is 1. The van der Waals surface area contributed by atoms with Crippen molar-refractivity contribution in [2.75, 3.05) is 18.2 Å². The summed E-state index contributed by atoms with van der Waals surface area (Å²) in [7, 11) is 1.41. The molecule has 0 aliphatic heterocycles. The molecular weight excluding hydrogens is 284 g/mol. The van der Waals surface area contributed by atoms with Crippen LogP contribution in [0.1, 0.15) is 14.5 Å². The molecule has 0 aliphatic carbocycles. The van der Waals surface area contributed by atoms with Gasteiger partial charge in [0, 0.05) is 20.9 Å². The fourth-order valence-corrected chi connectivity index (χ4v) is 3.44. The Balaban J connectivity index is 2.85. The summed E-state index contributed by atoms with van der Waals surface area (Å²) < 4.78 is 4.72. The van der Waals surface area contributed by atoms with Crippen LogP contribution in [0, 0.1) is 6.92 Å². The van der Waals surface area contributed by atoms with Crippen molar-refractivity contribution in [3.63, 3.8) is 0 Å². The number of halogens is 1. The van der Waals surface area contributed by atoms with Crippen molar-refractivity contribution in [1.29, 1.82) is 0 Å². The van der Waals surface area contributed by atoms with Gasteiger partial charge in [-0.2, -0.15) is 0 Å². The maximum atomic E-state index is 11.4. The summed E-state index contributed by atoms with van der Waals surface area (Å²) in [4.78, 5) is 14.3. The zero-order valence-corrected chi connectivity index (χ0v) is 11.2. The van der Waals surface area contributed by atoms with E-state index in [1.807, 2.05) is 13.0 Å². The first-order valence-electron chi connectivity index (χ1n) is 4.06. The van der Waals surface area contributed by atoms with Crippen molar-refractivity contribution in [2.24, 2.45) is 0 Å². The smallest absolute Gasteiger partial charge is 0.349 e. The summed E-state index contributed by atoms with van der Waals surface area (Å²) in [5.74, 6) is 0.723. The molecule has 0 atom stereocenters. The fraction of sp³-hybridized carbons (Fsp3) is 0.444. The second-order valence-corrected chi connectivity index (χ2v) is 5.77. The van der Waals surface area contributed by atoms with E-state index in [9.17, 15) is 4.79 Å². The number of hydrogen-bond donors (Lipinski definition) is 0. The normalized spacial score (nSPS) is 10.2. The SMILES string of the molecule is COC(=O)c1sc(C)cc1SCCBr. The Morgan fingerprint density at radius 3 is 3.00 bits per heavy atom. The van der Waals surface area contributed by atoms with Gasteiger partial charge in [0.1, 0.15) is 4.88 Å². The molecule has 1 aromatic heterocycles. The highest BCUT2D eigenvalue weighted by Gasteiger charge is 2.15. The topological polar surface area (TPSA) is 26.3 Å². The molecule has 0 N–H and O–H groups in total. The van der Waals surface area contributed by atoms with Crippen molar-refractivity contribution in [1.82, 2.24) is 0 Å². The number of carbonyl (C=O) groups is 1. The van der Waals surface area contributed by atoms with Crippen molar-refractivity contribution in [3.8, 4) is 0 Å². The number of carbonyl (C=O) groups excluding carboxylic acids is 1. The van der Waals surface area contributed by atoms with Gasteiger partial charge in [0.25, 0.3) is 0 Å². The first-order valence-corrected chi connectivity index (χ1v) is 6.99. The molecule has 1 aromatic rings. The zero-order chi connectivity index (χ0) is 10.6. The molecule has 1 heterocycles. The summed E-state index contributed by atoms with van der Waals surface area (Å²) >= 11 is 6.52. The Kier molecular flexibility index (Phi) is 4.98. The highest BCUT2D eigenvalue weighted by atomic mass is 79.9. The van der Waals surface area contributed by atoms with Gasteiger partial charge < -0.3 is 4.74 Å². The molecule has 0 aromatic carbocycles. The van der Waals surface area contributed by atoms with Crippen molar-refractivity contribution in [3.05, 3.63) is 15.8 Å². The van der Waals surface area contributed by atoms with Crippen LogP contribution in [0.5, 0.6) is 0 Å². The molecule has 78 valence electrons. The minimum atomic E-state index is -0.236. The first-order chi connectivity index (χ1) is 6.69. The predicted octanol–water partition coefficient (Wildman–Crippen LogP) is 3.33. The standard InChI is InChI=1S/C9H11BrO2S2/c1-6-5-7(13-4-3-10)8(14-6)9(11)12-2/h5H,3-4H2,1-2H3. The Labute approximate surface area is 100 Å². The Bertz CT molecular complexity index is 323. The third-order valence-corrected chi connectivity index (χ3v) is 4.65. The van der Waals surface area contributed by atoms with Crippen LogP contribution in [0.3, 0.4) is 0 Å². The Morgan fingerprint density at radius 2 is 2.43 bits per heavy atom.